The van der Waals surface area contributed by atoms with Crippen molar-refractivity contribution >= 4 is 49.3 Å². The molecule has 0 unspecified atom stereocenters. The second kappa shape index (κ2) is 9.24. The van der Waals surface area contributed by atoms with E-state index in [4.69, 9.17) is 6.57 Å². The summed E-state index contributed by atoms with van der Waals surface area (Å²) in [5.74, 6) is 0. The van der Waals surface area contributed by atoms with Crippen molar-refractivity contribution in [3.8, 4) is 28.6 Å². The predicted octanol–water partition coefficient (Wildman–Crippen LogP) is 9.97. The van der Waals surface area contributed by atoms with Gasteiger partial charge in [0, 0.05) is 32.9 Å². The van der Waals surface area contributed by atoms with Crippen molar-refractivity contribution in [3.05, 3.63) is 150 Å². The molecule has 0 atom stereocenters. The maximum absolute atomic E-state index is 9.66. The Bertz CT molecular complexity index is 2430. The monoisotopic (exact) mass is 534 g/mol. The molecule has 194 valence electrons. The first-order valence-corrected chi connectivity index (χ1v) is 13.8. The normalized spacial score (nSPS) is 11.3. The second-order valence-corrected chi connectivity index (χ2v) is 10.4. The Morgan fingerprint density at radius 2 is 1.02 bits per heavy atom. The van der Waals surface area contributed by atoms with Gasteiger partial charge in [-0.15, -0.1) is 0 Å². The van der Waals surface area contributed by atoms with E-state index in [1.54, 1.807) is 6.07 Å². The Balaban J connectivity index is 1.34. The molecule has 8 aromatic rings. The fourth-order valence-corrected chi connectivity index (χ4v) is 6.29. The lowest BCUT2D eigenvalue weighted by atomic mass is 10.0. The molecular weight excluding hydrogens is 512 g/mol. The van der Waals surface area contributed by atoms with E-state index in [1.165, 1.54) is 21.8 Å². The molecule has 0 amide bonds. The number of rotatable bonds is 3. The standard InChI is InChI=1S/C38H22N4/c1-40-34-18-17-29(21-27(34)24-39)42-36-14-8-6-12-31(36)33-23-26(16-20-38(33)42)25-15-19-37-32(22-25)30-11-5-7-13-35(30)41(37)28-9-3-2-4-10-28/h2-23H. The summed E-state index contributed by atoms with van der Waals surface area (Å²) in [6, 6.07) is 48.4. The molecule has 4 nitrogen and oxygen atoms in total. The summed E-state index contributed by atoms with van der Waals surface area (Å²) in [6.07, 6.45) is 0. The molecule has 4 heteroatoms. The summed E-state index contributed by atoms with van der Waals surface area (Å²) >= 11 is 0. The third-order valence-corrected chi connectivity index (χ3v) is 8.17. The van der Waals surface area contributed by atoms with Crippen LogP contribution in [0.2, 0.25) is 0 Å². The van der Waals surface area contributed by atoms with Gasteiger partial charge < -0.3 is 9.13 Å². The molecule has 0 radical (unpaired) electrons. The number of benzene rings is 6. The Kier molecular flexibility index (Phi) is 5.22. The molecule has 2 heterocycles. The Labute approximate surface area is 242 Å². The van der Waals surface area contributed by atoms with Crippen molar-refractivity contribution in [1.82, 2.24) is 9.13 Å². The van der Waals surface area contributed by atoms with Crippen LogP contribution in [0.4, 0.5) is 5.69 Å². The highest BCUT2D eigenvalue weighted by Gasteiger charge is 2.16. The van der Waals surface area contributed by atoms with Crippen LogP contribution in [-0.4, -0.2) is 9.13 Å². The fourth-order valence-electron chi connectivity index (χ4n) is 6.29. The van der Waals surface area contributed by atoms with Crippen molar-refractivity contribution in [2.24, 2.45) is 0 Å². The zero-order chi connectivity index (χ0) is 28.2. The van der Waals surface area contributed by atoms with E-state index in [9.17, 15) is 5.26 Å². The third-order valence-electron chi connectivity index (χ3n) is 8.17. The number of hydrogen-bond acceptors (Lipinski definition) is 1. The van der Waals surface area contributed by atoms with Crippen molar-refractivity contribution in [1.29, 1.82) is 5.26 Å². The van der Waals surface area contributed by atoms with E-state index in [0.29, 0.717) is 11.3 Å². The van der Waals surface area contributed by atoms with Crippen LogP contribution in [-0.2, 0) is 0 Å². The Morgan fingerprint density at radius 1 is 0.500 bits per heavy atom. The quantitative estimate of drug-likeness (QED) is 0.208. The van der Waals surface area contributed by atoms with Gasteiger partial charge in [0.2, 0.25) is 5.69 Å². The first-order valence-electron chi connectivity index (χ1n) is 13.8. The summed E-state index contributed by atoms with van der Waals surface area (Å²) in [5.41, 5.74) is 9.56. The van der Waals surface area contributed by atoms with Gasteiger partial charge in [-0.2, -0.15) is 5.26 Å². The maximum atomic E-state index is 9.66. The molecule has 0 saturated heterocycles. The molecule has 0 aliphatic carbocycles. The molecule has 0 spiro atoms. The van der Waals surface area contributed by atoms with Crippen LogP contribution in [0, 0.1) is 17.9 Å². The highest BCUT2D eigenvalue weighted by molar-refractivity contribution is 6.12. The van der Waals surface area contributed by atoms with Crippen LogP contribution in [0.1, 0.15) is 5.56 Å². The fraction of sp³-hybridized carbons (Fsp3) is 0. The van der Waals surface area contributed by atoms with Crippen LogP contribution in [0.25, 0.3) is 71.0 Å². The highest BCUT2D eigenvalue weighted by atomic mass is 15.0. The van der Waals surface area contributed by atoms with Crippen LogP contribution in [0.15, 0.2) is 133 Å². The lowest BCUT2D eigenvalue weighted by molar-refractivity contribution is 1.18. The first-order chi connectivity index (χ1) is 20.7. The zero-order valence-corrected chi connectivity index (χ0v) is 22.5. The molecule has 0 N–H and O–H groups in total. The maximum Gasteiger partial charge on any atom is 0.204 e. The Hall–Kier alpha value is -6.10. The first kappa shape index (κ1) is 23.8. The average molecular weight is 535 g/mol. The number of nitriles is 1. The van der Waals surface area contributed by atoms with Crippen molar-refractivity contribution in [3.63, 3.8) is 0 Å². The lowest BCUT2D eigenvalue weighted by Gasteiger charge is -2.10. The second-order valence-electron chi connectivity index (χ2n) is 10.4. The van der Waals surface area contributed by atoms with Crippen molar-refractivity contribution in [2.75, 3.05) is 0 Å². The molecule has 2 aromatic heterocycles. The molecule has 6 aromatic carbocycles. The van der Waals surface area contributed by atoms with E-state index in [0.717, 1.165) is 44.3 Å². The van der Waals surface area contributed by atoms with E-state index in [-0.39, 0.29) is 0 Å². The molecule has 0 fully saturated rings. The summed E-state index contributed by atoms with van der Waals surface area (Å²) in [7, 11) is 0. The summed E-state index contributed by atoms with van der Waals surface area (Å²) in [5, 5.41) is 14.4. The minimum absolute atomic E-state index is 0.369. The topological polar surface area (TPSA) is 38.0 Å². The summed E-state index contributed by atoms with van der Waals surface area (Å²) < 4.78 is 4.51. The van der Waals surface area contributed by atoms with Crippen LogP contribution in [0.3, 0.4) is 0 Å². The van der Waals surface area contributed by atoms with Crippen LogP contribution < -0.4 is 0 Å². The van der Waals surface area contributed by atoms with Crippen molar-refractivity contribution in [2.45, 2.75) is 0 Å². The summed E-state index contributed by atoms with van der Waals surface area (Å²) in [4.78, 5) is 3.51. The van der Waals surface area contributed by atoms with E-state index in [1.807, 2.05) is 24.3 Å². The van der Waals surface area contributed by atoms with Gasteiger partial charge in [-0.25, -0.2) is 4.85 Å². The number of para-hydroxylation sites is 3. The van der Waals surface area contributed by atoms with Crippen LogP contribution >= 0.6 is 0 Å². The van der Waals surface area contributed by atoms with E-state index in [2.05, 4.69) is 123 Å². The smallest absolute Gasteiger partial charge is 0.204 e. The number of aromatic nitrogens is 2. The molecule has 42 heavy (non-hydrogen) atoms. The SMILES string of the molecule is [C-]#[N+]c1ccc(-n2c3ccccc3c3cc(-c4ccc5c(c4)c4ccccc4n5-c4ccccc4)ccc32)cc1C#N. The minimum atomic E-state index is 0.369. The largest absolute Gasteiger partial charge is 0.309 e. The van der Waals surface area contributed by atoms with Gasteiger partial charge in [-0.05, 0) is 71.8 Å². The zero-order valence-electron chi connectivity index (χ0n) is 22.5. The third kappa shape index (κ3) is 3.47. The molecule has 0 aliphatic rings. The predicted molar refractivity (Wildman–Crippen MR) is 172 cm³/mol. The van der Waals surface area contributed by atoms with Gasteiger partial charge in [0.05, 0.1) is 40.3 Å². The lowest BCUT2D eigenvalue weighted by Crippen LogP contribution is -1.94. The average Bonchev–Trinajstić information content (AvgIpc) is 3.57. The van der Waals surface area contributed by atoms with Crippen LogP contribution in [0.5, 0.6) is 0 Å². The molecule has 8 rings (SSSR count). The van der Waals surface area contributed by atoms with Gasteiger partial charge >= 0.3 is 0 Å². The highest BCUT2D eigenvalue weighted by Crippen LogP contribution is 2.38. The van der Waals surface area contributed by atoms with Gasteiger partial charge in [0.25, 0.3) is 0 Å². The van der Waals surface area contributed by atoms with Gasteiger partial charge in [0.15, 0.2) is 0 Å². The molecule has 0 aliphatic heterocycles. The molecule has 0 bridgehead atoms. The van der Waals surface area contributed by atoms with Gasteiger partial charge in [-0.1, -0.05) is 72.8 Å². The van der Waals surface area contributed by atoms with Crippen molar-refractivity contribution < 1.29 is 0 Å². The molecule has 0 saturated carbocycles. The van der Waals surface area contributed by atoms with E-state index < -0.39 is 0 Å². The van der Waals surface area contributed by atoms with E-state index >= 15 is 0 Å². The Morgan fingerprint density at radius 3 is 1.60 bits per heavy atom. The number of fused-ring (bicyclic) bond motifs is 6. The summed E-state index contributed by atoms with van der Waals surface area (Å²) in [6.45, 7) is 7.41. The number of hydrogen-bond donors (Lipinski definition) is 0. The van der Waals surface area contributed by atoms with Gasteiger partial charge in [-0.3, -0.25) is 0 Å². The number of nitrogens with zero attached hydrogens (tertiary/aromatic N) is 4. The minimum Gasteiger partial charge on any atom is -0.309 e. The van der Waals surface area contributed by atoms with Gasteiger partial charge in [0.1, 0.15) is 0 Å². The molecular formula is C38H22N4.